The smallest absolute Gasteiger partial charge is 0.162 e. The van der Waals surface area contributed by atoms with Gasteiger partial charge in [0.2, 0.25) is 0 Å². The van der Waals surface area contributed by atoms with Gasteiger partial charge < -0.3 is 10.4 Å². The topological polar surface area (TPSA) is 66.4 Å². The summed E-state index contributed by atoms with van der Waals surface area (Å²) in [5, 5.41) is 13.2. The van der Waals surface area contributed by atoms with E-state index in [9.17, 15) is 14.7 Å². The highest BCUT2D eigenvalue weighted by Gasteiger charge is 2.21. The number of carbonyl (C=O) groups excluding carboxylic acids is 2. The number of hydrogen-bond donors (Lipinski definition) is 2. The van der Waals surface area contributed by atoms with Crippen LogP contribution < -0.4 is 5.32 Å². The Balaban J connectivity index is 3.64. The molecule has 1 aromatic rings. The minimum Gasteiger partial charge on any atom is -0.508 e. The predicted octanol–water partition coefficient (Wildman–Crippen LogP) is 3.18. The lowest BCUT2D eigenvalue weighted by Gasteiger charge is -2.18. The van der Waals surface area contributed by atoms with Gasteiger partial charge in [-0.2, -0.15) is 0 Å². The molecule has 104 valence electrons. The summed E-state index contributed by atoms with van der Waals surface area (Å²) in [7, 11) is 0. The molecule has 0 spiro atoms. The Labute approximate surface area is 113 Å². The summed E-state index contributed by atoms with van der Waals surface area (Å²) in [6, 6.07) is 1.41. The number of phenols is 1. The van der Waals surface area contributed by atoms with E-state index in [0.29, 0.717) is 29.8 Å². The number of benzene rings is 1. The van der Waals surface area contributed by atoms with Crippen LogP contribution in [0.4, 0.5) is 5.69 Å². The van der Waals surface area contributed by atoms with Gasteiger partial charge in [-0.25, -0.2) is 0 Å². The van der Waals surface area contributed by atoms with E-state index in [1.165, 1.54) is 19.9 Å². The molecule has 0 amide bonds. The fourth-order valence-corrected chi connectivity index (χ4v) is 2.23. The highest BCUT2D eigenvalue weighted by Crippen LogP contribution is 2.34. The van der Waals surface area contributed by atoms with Crippen LogP contribution >= 0.6 is 0 Å². The van der Waals surface area contributed by atoms with Crippen LogP contribution in [0, 0.1) is 0 Å². The summed E-state index contributed by atoms with van der Waals surface area (Å²) in [5.41, 5.74) is 1.97. The molecule has 0 heterocycles. The molecular formula is C15H21NO3. The van der Waals surface area contributed by atoms with Crippen molar-refractivity contribution in [1.82, 2.24) is 0 Å². The molecule has 0 radical (unpaired) electrons. The van der Waals surface area contributed by atoms with Gasteiger partial charge in [0.15, 0.2) is 11.6 Å². The van der Waals surface area contributed by atoms with Gasteiger partial charge in [-0.15, -0.1) is 0 Å². The third-order valence-electron chi connectivity index (χ3n) is 3.00. The van der Waals surface area contributed by atoms with E-state index < -0.39 is 0 Å². The Hall–Kier alpha value is -1.84. The molecule has 0 unspecified atom stereocenters. The van der Waals surface area contributed by atoms with E-state index in [0.717, 1.165) is 6.42 Å². The van der Waals surface area contributed by atoms with Crippen LogP contribution in [0.2, 0.25) is 0 Å². The molecule has 4 nitrogen and oxygen atoms in total. The summed E-state index contributed by atoms with van der Waals surface area (Å²) < 4.78 is 0. The number of phenolic OH excluding ortho intramolecular Hbond substituents is 1. The first-order chi connectivity index (χ1) is 8.93. The molecule has 19 heavy (non-hydrogen) atoms. The largest absolute Gasteiger partial charge is 0.508 e. The quantitative estimate of drug-likeness (QED) is 0.773. The average molecular weight is 263 g/mol. The number of nitrogens with one attached hydrogen (secondary N) is 1. The second kappa shape index (κ2) is 6.36. The molecule has 0 bridgehead atoms. The molecule has 0 atom stereocenters. The van der Waals surface area contributed by atoms with Crippen LogP contribution in [0.5, 0.6) is 5.75 Å². The SMILES string of the molecule is CCCc1c(O)cc(C(C)=O)c(C(C)=O)c1NCC. The predicted molar refractivity (Wildman–Crippen MR) is 76.3 cm³/mol. The summed E-state index contributed by atoms with van der Waals surface area (Å²) in [4.78, 5) is 23.5. The van der Waals surface area contributed by atoms with Crippen molar-refractivity contribution in [1.29, 1.82) is 0 Å². The molecule has 0 saturated carbocycles. The Kier molecular flexibility index (Phi) is 5.10. The van der Waals surface area contributed by atoms with E-state index in [4.69, 9.17) is 0 Å². The van der Waals surface area contributed by atoms with E-state index in [2.05, 4.69) is 5.32 Å². The van der Waals surface area contributed by atoms with Crippen molar-refractivity contribution in [2.45, 2.75) is 40.5 Å². The standard InChI is InChI=1S/C15H21NO3/c1-5-7-11-13(19)8-12(9(3)17)14(10(4)18)15(11)16-6-2/h8,16,19H,5-7H2,1-4H3. The van der Waals surface area contributed by atoms with Gasteiger partial charge in [-0.05, 0) is 33.3 Å². The monoisotopic (exact) mass is 263 g/mol. The highest BCUT2D eigenvalue weighted by atomic mass is 16.3. The molecule has 0 saturated heterocycles. The van der Waals surface area contributed by atoms with Crippen LogP contribution in [0.25, 0.3) is 0 Å². The summed E-state index contributed by atoms with van der Waals surface area (Å²) in [6.45, 7) is 7.38. The van der Waals surface area contributed by atoms with Crippen molar-refractivity contribution in [2.24, 2.45) is 0 Å². The molecule has 0 aromatic heterocycles. The van der Waals surface area contributed by atoms with Gasteiger partial charge in [0.05, 0.1) is 11.3 Å². The van der Waals surface area contributed by atoms with Crippen molar-refractivity contribution >= 4 is 17.3 Å². The number of Topliss-reactive ketones (excluding diaryl/α,β-unsaturated/α-hetero) is 2. The number of carbonyl (C=O) groups is 2. The highest BCUT2D eigenvalue weighted by molar-refractivity contribution is 6.11. The van der Waals surface area contributed by atoms with Crippen molar-refractivity contribution in [2.75, 3.05) is 11.9 Å². The Morgan fingerprint density at radius 2 is 1.84 bits per heavy atom. The van der Waals surface area contributed by atoms with E-state index in [1.807, 2.05) is 13.8 Å². The Morgan fingerprint density at radius 3 is 2.26 bits per heavy atom. The molecule has 1 aromatic carbocycles. The third-order valence-corrected chi connectivity index (χ3v) is 3.00. The van der Waals surface area contributed by atoms with Crippen LogP contribution in [0.1, 0.15) is 60.4 Å². The first-order valence-electron chi connectivity index (χ1n) is 6.58. The summed E-state index contributed by atoms with van der Waals surface area (Å²) >= 11 is 0. The molecule has 0 aliphatic heterocycles. The van der Waals surface area contributed by atoms with Gasteiger partial charge in [-0.1, -0.05) is 13.3 Å². The number of hydrogen-bond acceptors (Lipinski definition) is 4. The zero-order chi connectivity index (χ0) is 14.6. The normalized spacial score (nSPS) is 10.3. The third kappa shape index (κ3) is 3.13. The van der Waals surface area contributed by atoms with Crippen LogP contribution in [0.15, 0.2) is 6.07 Å². The van der Waals surface area contributed by atoms with Crippen molar-refractivity contribution in [3.8, 4) is 5.75 Å². The van der Waals surface area contributed by atoms with Crippen LogP contribution in [-0.2, 0) is 6.42 Å². The second-order valence-corrected chi connectivity index (χ2v) is 4.56. The Bertz CT molecular complexity index is 507. The average Bonchev–Trinajstić information content (AvgIpc) is 2.32. The molecule has 0 fully saturated rings. The van der Waals surface area contributed by atoms with Gasteiger partial charge in [0, 0.05) is 17.7 Å². The Morgan fingerprint density at radius 1 is 1.21 bits per heavy atom. The van der Waals surface area contributed by atoms with Gasteiger partial charge in [0.25, 0.3) is 0 Å². The lowest BCUT2D eigenvalue weighted by molar-refractivity contribution is 0.0981. The minimum absolute atomic E-state index is 0.0769. The lowest BCUT2D eigenvalue weighted by Crippen LogP contribution is -2.13. The lowest BCUT2D eigenvalue weighted by atomic mass is 9.93. The van der Waals surface area contributed by atoms with Crippen molar-refractivity contribution in [3.63, 3.8) is 0 Å². The summed E-state index contributed by atoms with van der Waals surface area (Å²) in [5.74, 6) is -0.311. The minimum atomic E-state index is -0.220. The molecular weight excluding hydrogens is 242 g/mol. The fraction of sp³-hybridized carbons (Fsp3) is 0.467. The van der Waals surface area contributed by atoms with Gasteiger partial charge in [0.1, 0.15) is 5.75 Å². The molecule has 1 rings (SSSR count). The van der Waals surface area contributed by atoms with Crippen molar-refractivity contribution < 1.29 is 14.7 Å². The molecule has 0 aliphatic rings. The maximum Gasteiger partial charge on any atom is 0.162 e. The molecule has 0 aliphatic carbocycles. The second-order valence-electron chi connectivity index (χ2n) is 4.56. The first kappa shape index (κ1) is 15.2. The number of anilines is 1. The fourth-order valence-electron chi connectivity index (χ4n) is 2.23. The first-order valence-corrected chi connectivity index (χ1v) is 6.58. The zero-order valence-electron chi connectivity index (χ0n) is 12.0. The number of ketones is 2. The van der Waals surface area contributed by atoms with Crippen LogP contribution in [0.3, 0.4) is 0 Å². The van der Waals surface area contributed by atoms with Gasteiger partial charge in [-0.3, -0.25) is 9.59 Å². The van der Waals surface area contributed by atoms with Crippen LogP contribution in [-0.4, -0.2) is 23.2 Å². The molecule has 4 heteroatoms. The molecule has 2 N–H and O–H groups in total. The van der Waals surface area contributed by atoms with E-state index >= 15 is 0 Å². The zero-order valence-corrected chi connectivity index (χ0v) is 12.0. The van der Waals surface area contributed by atoms with E-state index in [1.54, 1.807) is 0 Å². The van der Waals surface area contributed by atoms with Crippen molar-refractivity contribution in [3.05, 3.63) is 22.8 Å². The number of aromatic hydroxyl groups is 1. The maximum absolute atomic E-state index is 11.9. The maximum atomic E-state index is 11.9. The van der Waals surface area contributed by atoms with Gasteiger partial charge >= 0.3 is 0 Å². The van der Waals surface area contributed by atoms with E-state index in [-0.39, 0.29) is 22.9 Å². The summed E-state index contributed by atoms with van der Waals surface area (Å²) in [6.07, 6.45) is 1.51. The number of rotatable bonds is 6.